The van der Waals surface area contributed by atoms with Crippen LogP contribution in [-0.2, 0) is 0 Å². The van der Waals surface area contributed by atoms with Crippen molar-refractivity contribution in [3.63, 3.8) is 0 Å². The Bertz CT molecular complexity index is 207. The van der Waals surface area contributed by atoms with E-state index in [-0.39, 0.29) is 0 Å². The van der Waals surface area contributed by atoms with E-state index in [2.05, 4.69) is 4.90 Å². The Morgan fingerprint density at radius 2 is 1.40 bits per heavy atom. The van der Waals surface area contributed by atoms with Gasteiger partial charge in [0.05, 0.1) is 0 Å². The lowest BCUT2D eigenvalue weighted by Gasteiger charge is -2.22. The van der Waals surface area contributed by atoms with Gasteiger partial charge in [-0.2, -0.15) is 0 Å². The molecule has 15 heavy (non-hydrogen) atoms. The molecule has 0 N–H and O–H groups in total. The number of rotatable bonds is 0. The fourth-order valence-corrected chi connectivity index (χ4v) is 2.66. The number of aliphatic imine (C=N–C) groups is 1. The van der Waals surface area contributed by atoms with Gasteiger partial charge in [0.2, 0.25) is 0 Å². The summed E-state index contributed by atoms with van der Waals surface area (Å²) in [6.45, 7) is 5.01. The largest absolute Gasteiger partial charge is 0.303 e. The van der Waals surface area contributed by atoms with Crippen molar-refractivity contribution in [2.45, 2.75) is 51.4 Å². The molecule has 1 saturated heterocycles. The van der Waals surface area contributed by atoms with E-state index in [1.54, 1.807) is 0 Å². The van der Waals surface area contributed by atoms with Crippen LogP contribution in [0.1, 0.15) is 51.4 Å². The van der Waals surface area contributed by atoms with Crippen LogP contribution in [-0.4, -0.2) is 36.8 Å². The van der Waals surface area contributed by atoms with Gasteiger partial charge in [-0.3, -0.25) is 4.99 Å². The molecule has 0 radical (unpaired) electrons. The van der Waals surface area contributed by atoms with Gasteiger partial charge in [0.25, 0.3) is 0 Å². The molecule has 0 aromatic heterocycles. The number of hydrogen-bond donors (Lipinski definition) is 0. The average Bonchev–Trinajstić information content (AvgIpc) is 2.34. The van der Waals surface area contributed by atoms with E-state index in [0.717, 1.165) is 6.54 Å². The van der Waals surface area contributed by atoms with Crippen LogP contribution in [0.3, 0.4) is 0 Å². The molecule has 0 spiro atoms. The van der Waals surface area contributed by atoms with Crippen molar-refractivity contribution in [2.75, 3.05) is 26.2 Å². The first-order valence-corrected chi connectivity index (χ1v) is 6.70. The molecule has 0 aromatic rings. The molecular weight excluding hydrogens is 184 g/mol. The summed E-state index contributed by atoms with van der Waals surface area (Å²) >= 11 is 0. The van der Waals surface area contributed by atoms with Gasteiger partial charge in [-0.05, 0) is 64.6 Å². The third kappa shape index (κ3) is 3.94. The average molecular weight is 208 g/mol. The Morgan fingerprint density at radius 3 is 2.27 bits per heavy atom. The van der Waals surface area contributed by atoms with Gasteiger partial charge in [-0.1, -0.05) is 6.42 Å². The van der Waals surface area contributed by atoms with Crippen LogP contribution in [0.4, 0.5) is 0 Å². The summed E-state index contributed by atoms with van der Waals surface area (Å²) in [6, 6.07) is 0. The van der Waals surface area contributed by atoms with Crippen molar-refractivity contribution in [1.82, 2.24) is 4.90 Å². The molecule has 1 atom stereocenters. The van der Waals surface area contributed by atoms with Crippen LogP contribution >= 0.6 is 0 Å². The zero-order valence-corrected chi connectivity index (χ0v) is 9.88. The van der Waals surface area contributed by atoms with Crippen LogP contribution < -0.4 is 0 Å². The second kappa shape index (κ2) is 6.26. The second-order valence-corrected chi connectivity index (χ2v) is 4.91. The Balaban J connectivity index is 2.00. The fraction of sp³-hybridized carbons (Fsp3) is 0.923. The van der Waals surface area contributed by atoms with Crippen LogP contribution in [0.25, 0.3) is 0 Å². The van der Waals surface area contributed by atoms with Gasteiger partial charge in [-0.15, -0.1) is 0 Å². The van der Waals surface area contributed by atoms with Crippen LogP contribution in [0.5, 0.6) is 0 Å². The molecule has 2 heteroatoms. The molecule has 2 nitrogen and oxygen atoms in total. The second-order valence-electron chi connectivity index (χ2n) is 4.91. The molecule has 0 saturated carbocycles. The molecule has 0 amide bonds. The number of nitrogens with zero attached hydrogens (tertiary/aromatic N) is 2. The quantitative estimate of drug-likeness (QED) is 0.597. The van der Waals surface area contributed by atoms with Crippen molar-refractivity contribution in [3.05, 3.63) is 0 Å². The summed E-state index contributed by atoms with van der Waals surface area (Å²) in [5.41, 5.74) is 1.52. The van der Waals surface area contributed by atoms with Crippen molar-refractivity contribution < 1.29 is 0 Å². The summed E-state index contributed by atoms with van der Waals surface area (Å²) in [4.78, 5) is 7.43. The minimum Gasteiger partial charge on any atom is -0.303 e. The van der Waals surface area contributed by atoms with Crippen molar-refractivity contribution >= 4 is 5.71 Å². The Labute approximate surface area is 93.8 Å². The third-order valence-electron chi connectivity index (χ3n) is 3.60. The normalized spacial score (nSPS) is 29.9. The lowest BCUT2D eigenvalue weighted by atomic mass is 10.1. The van der Waals surface area contributed by atoms with E-state index in [0.29, 0.717) is 0 Å². The predicted molar refractivity (Wildman–Crippen MR) is 65.7 cm³/mol. The Morgan fingerprint density at radius 1 is 0.733 bits per heavy atom. The maximum atomic E-state index is 4.77. The van der Waals surface area contributed by atoms with E-state index in [1.807, 2.05) is 0 Å². The van der Waals surface area contributed by atoms with Gasteiger partial charge >= 0.3 is 0 Å². The van der Waals surface area contributed by atoms with E-state index >= 15 is 0 Å². The SMILES string of the molecule is C1CCC2=NCCCN(CC1)CCCC2. The lowest BCUT2D eigenvalue weighted by Crippen LogP contribution is -2.28. The monoisotopic (exact) mass is 208 g/mol. The van der Waals surface area contributed by atoms with E-state index in [1.165, 1.54) is 76.7 Å². The maximum absolute atomic E-state index is 4.77. The highest BCUT2D eigenvalue weighted by Crippen LogP contribution is 2.13. The molecule has 86 valence electrons. The molecule has 0 aromatic carbocycles. The number of fused-ring (bicyclic) bond motifs is 10. The van der Waals surface area contributed by atoms with E-state index in [4.69, 9.17) is 4.99 Å². The summed E-state index contributed by atoms with van der Waals surface area (Å²) in [5, 5.41) is 0. The first kappa shape index (κ1) is 11.1. The molecule has 2 bridgehead atoms. The van der Waals surface area contributed by atoms with Crippen LogP contribution in [0.15, 0.2) is 4.99 Å². The fourth-order valence-electron chi connectivity index (χ4n) is 2.66. The molecule has 1 fully saturated rings. The first-order valence-electron chi connectivity index (χ1n) is 6.70. The highest BCUT2D eigenvalue weighted by atomic mass is 15.1. The molecule has 3 rings (SSSR count). The van der Waals surface area contributed by atoms with Crippen LogP contribution in [0, 0.1) is 0 Å². The topological polar surface area (TPSA) is 15.6 Å². The van der Waals surface area contributed by atoms with Gasteiger partial charge in [0.1, 0.15) is 0 Å². The summed E-state index contributed by atoms with van der Waals surface area (Å²) in [7, 11) is 0. The molecule has 0 aliphatic carbocycles. The van der Waals surface area contributed by atoms with Crippen molar-refractivity contribution in [1.29, 1.82) is 0 Å². The maximum Gasteiger partial charge on any atom is 0.0400 e. The van der Waals surface area contributed by atoms with Crippen molar-refractivity contribution in [2.24, 2.45) is 4.99 Å². The zero-order chi connectivity index (χ0) is 10.3. The molecule has 3 heterocycles. The summed E-state index contributed by atoms with van der Waals surface area (Å²) in [6.07, 6.45) is 10.7. The standard InChI is InChI=1S/C13H24N2/c1-2-7-13-8-3-5-11-15(10-4-1)12-6-9-14-13/h1-12H2. The van der Waals surface area contributed by atoms with Gasteiger partial charge in [0, 0.05) is 12.3 Å². The van der Waals surface area contributed by atoms with Gasteiger partial charge in [0.15, 0.2) is 0 Å². The zero-order valence-electron chi connectivity index (χ0n) is 9.88. The minimum atomic E-state index is 1.08. The molecule has 1 unspecified atom stereocenters. The lowest BCUT2D eigenvalue weighted by molar-refractivity contribution is 0.261. The van der Waals surface area contributed by atoms with Gasteiger partial charge in [-0.25, -0.2) is 0 Å². The Kier molecular flexibility index (Phi) is 4.65. The third-order valence-corrected chi connectivity index (χ3v) is 3.60. The van der Waals surface area contributed by atoms with Crippen LogP contribution in [0.2, 0.25) is 0 Å². The Hall–Kier alpha value is -0.370. The molecule has 3 aliphatic rings. The van der Waals surface area contributed by atoms with Crippen molar-refractivity contribution in [3.8, 4) is 0 Å². The smallest absolute Gasteiger partial charge is 0.0400 e. The van der Waals surface area contributed by atoms with Gasteiger partial charge < -0.3 is 4.90 Å². The molecular formula is C13H24N2. The van der Waals surface area contributed by atoms with E-state index in [9.17, 15) is 0 Å². The van der Waals surface area contributed by atoms with E-state index < -0.39 is 0 Å². The summed E-state index contributed by atoms with van der Waals surface area (Å²) < 4.78 is 0. The summed E-state index contributed by atoms with van der Waals surface area (Å²) in [5.74, 6) is 0. The predicted octanol–water partition coefficient (Wildman–Crippen LogP) is 2.88. The highest BCUT2D eigenvalue weighted by molar-refractivity contribution is 5.84. The first-order chi connectivity index (χ1) is 7.45. The number of hydrogen-bond acceptors (Lipinski definition) is 2. The minimum absolute atomic E-state index is 1.08. The highest BCUT2D eigenvalue weighted by Gasteiger charge is 2.09. The molecule has 3 aliphatic heterocycles.